The summed E-state index contributed by atoms with van der Waals surface area (Å²) < 4.78 is 0. The van der Waals surface area contributed by atoms with Gasteiger partial charge in [0.05, 0.1) is 0 Å². The summed E-state index contributed by atoms with van der Waals surface area (Å²) in [6, 6.07) is 0. The van der Waals surface area contributed by atoms with Crippen LogP contribution in [-0.4, -0.2) is 11.9 Å². The SMILES string of the molecule is C=C(C(N)=O)C(=O)ON. The van der Waals surface area contributed by atoms with Crippen LogP contribution in [0.5, 0.6) is 0 Å². The normalized spacial score (nSPS) is 8.11. The van der Waals surface area contributed by atoms with Crippen LogP contribution >= 0.6 is 0 Å². The van der Waals surface area contributed by atoms with Crippen LogP contribution in [0.4, 0.5) is 0 Å². The lowest BCUT2D eigenvalue weighted by atomic mass is 10.3. The van der Waals surface area contributed by atoms with Gasteiger partial charge in [0, 0.05) is 0 Å². The highest BCUT2D eigenvalue weighted by molar-refractivity contribution is 6.14. The van der Waals surface area contributed by atoms with Gasteiger partial charge in [-0.05, 0) is 0 Å². The fourth-order valence-electron chi connectivity index (χ4n) is 0.172. The first-order valence-electron chi connectivity index (χ1n) is 1.99. The molecule has 0 aliphatic carbocycles. The number of hydrogen-bond donors (Lipinski definition) is 2. The first kappa shape index (κ1) is 7.64. The average Bonchev–Trinajstić information content (AvgIpc) is 1.84. The van der Waals surface area contributed by atoms with E-state index >= 15 is 0 Å². The largest absolute Gasteiger partial charge is 0.370 e. The number of primary amides is 1. The van der Waals surface area contributed by atoms with E-state index in [9.17, 15) is 9.59 Å². The van der Waals surface area contributed by atoms with Crippen molar-refractivity contribution >= 4 is 11.9 Å². The number of carbonyl (C=O) groups is 2. The van der Waals surface area contributed by atoms with Crippen LogP contribution in [0.3, 0.4) is 0 Å². The van der Waals surface area contributed by atoms with Crippen LogP contribution in [0.25, 0.3) is 0 Å². The Balaban J connectivity index is 4.05. The minimum absolute atomic E-state index is 0.461. The van der Waals surface area contributed by atoms with E-state index in [1.165, 1.54) is 0 Å². The lowest BCUT2D eigenvalue weighted by Gasteiger charge is -1.94. The second kappa shape index (κ2) is 2.83. The third kappa shape index (κ3) is 1.92. The van der Waals surface area contributed by atoms with Gasteiger partial charge in [0.2, 0.25) is 0 Å². The first-order valence-corrected chi connectivity index (χ1v) is 1.99. The molecular weight excluding hydrogens is 124 g/mol. The Bertz CT molecular complexity index is 163. The van der Waals surface area contributed by atoms with Crippen LogP contribution in [0.2, 0.25) is 0 Å². The van der Waals surface area contributed by atoms with E-state index < -0.39 is 17.4 Å². The quantitative estimate of drug-likeness (QED) is 0.204. The third-order valence-corrected chi connectivity index (χ3v) is 0.651. The maximum absolute atomic E-state index is 10.2. The van der Waals surface area contributed by atoms with Gasteiger partial charge in [-0.25, -0.2) is 4.79 Å². The van der Waals surface area contributed by atoms with Crippen molar-refractivity contribution in [3.63, 3.8) is 0 Å². The van der Waals surface area contributed by atoms with Gasteiger partial charge in [0.15, 0.2) is 0 Å². The minimum atomic E-state index is -1.01. The molecular formula is C4H6N2O3. The number of nitrogens with two attached hydrogens (primary N) is 2. The Morgan fingerprint density at radius 1 is 1.44 bits per heavy atom. The molecule has 0 aromatic carbocycles. The summed E-state index contributed by atoms with van der Waals surface area (Å²) in [6.45, 7) is 3.00. The molecule has 0 unspecified atom stereocenters. The monoisotopic (exact) mass is 130 g/mol. The summed E-state index contributed by atoms with van der Waals surface area (Å²) in [4.78, 5) is 23.9. The molecule has 0 atom stereocenters. The maximum Gasteiger partial charge on any atom is 0.361 e. The Morgan fingerprint density at radius 2 is 1.89 bits per heavy atom. The summed E-state index contributed by atoms with van der Waals surface area (Å²) in [5, 5.41) is 0. The summed E-state index contributed by atoms with van der Waals surface area (Å²) in [7, 11) is 0. The molecule has 50 valence electrons. The number of hydrogen-bond acceptors (Lipinski definition) is 4. The van der Waals surface area contributed by atoms with Crippen LogP contribution < -0.4 is 11.6 Å². The predicted octanol–water partition coefficient (Wildman–Crippen LogP) is -1.56. The van der Waals surface area contributed by atoms with E-state index in [4.69, 9.17) is 0 Å². The summed E-state index contributed by atoms with van der Waals surface area (Å²) in [5.74, 6) is 2.44. The van der Waals surface area contributed by atoms with Gasteiger partial charge in [-0.15, -0.1) is 0 Å². The number of carbonyl (C=O) groups excluding carboxylic acids is 2. The molecule has 0 saturated carbocycles. The third-order valence-electron chi connectivity index (χ3n) is 0.651. The van der Waals surface area contributed by atoms with Crippen molar-refractivity contribution in [3.05, 3.63) is 12.2 Å². The Hall–Kier alpha value is -1.36. The van der Waals surface area contributed by atoms with Crippen molar-refractivity contribution in [1.29, 1.82) is 0 Å². The van der Waals surface area contributed by atoms with Crippen molar-refractivity contribution in [1.82, 2.24) is 0 Å². The van der Waals surface area contributed by atoms with Crippen molar-refractivity contribution in [2.24, 2.45) is 11.6 Å². The predicted molar refractivity (Wildman–Crippen MR) is 28.6 cm³/mol. The summed E-state index contributed by atoms with van der Waals surface area (Å²) in [6.07, 6.45) is 0. The van der Waals surface area contributed by atoms with Gasteiger partial charge < -0.3 is 10.6 Å². The lowest BCUT2D eigenvalue weighted by molar-refractivity contribution is -0.140. The first-order chi connectivity index (χ1) is 4.09. The maximum atomic E-state index is 10.2. The molecule has 5 heteroatoms. The molecule has 1 amide bonds. The molecule has 9 heavy (non-hydrogen) atoms. The molecule has 0 aromatic rings. The van der Waals surface area contributed by atoms with Crippen LogP contribution in [-0.2, 0) is 14.4 Å². The van der Waals surface area contributed by atoms with Gasteiger partial charge in [0.25, 0.3) is 5.91 Å². The van der Waals surface area contributed by atoms with Gasteiger partial charge in [-0.1, -0.05) is 6.58 Å². The molecule has 0 bridgehead atoms. The minimum Gasteiger partial charge on any atom is -0.370 e. The highest BCUT2D eigenvalue weighted by Crippen LogP contribution is 1.88. The molecule has 0 heterocycles. The van der Waals surface area contributed by atoms with E-state index in [-0.39, 0.29) is 0 Å². The molecule has 0 aromatic heterocycles. The zero-order valence-corrected chi connectivity index (χ0v) is 4.59. The second-order valence-corrected chi connectivity index (χ2v) is 1.25. The molecule has 0 rings (SSSR count). The number of rotatable bonds is 2. The second-order valence-electron chi connectivity index (χ2n) is 1.25. The fraction of sp³-hybridized carbons (Fsp3) is 0. The van der Waals surface area contributed by atoms with Crippen molar-refractivity contribution < 1.29 is 14.4 Å². The van der Waals surface area contributed by atoms with Crippen LogP contribution in [0.1, 0.15) is 0 Å². The Labute approximate surface area is 51.2 Å². The average molecular weight is 130 g/mol. The molecule has 0 spiro atoms. The zero-order chi connectivity index (χ0) is 7.44. The fourth-order valence-corrected chi connectivity index (χ4v) is 0.172. The van der Waals surface area contributed by atoms with E-state index in [0.29, 0.717) is 0 Å². The lowest BCUT2D eigenvalue weighted by Crippen LogP contribution is -2.23. The highest BCUT2D eigenvalue weighted by Gasteiger charge is 2.11. The smallest absolute Gasteiger partial charge is 0.361 e. The van der Waals surface area contributed by atoms with Gasteiger partial charge in [-0.2, -0.15) is 5.90 Å². The highest BCUT2D eigenvalue weighted by atomic mass is 16.7. The van der Waals surface area contributed by atoms with Crippen molar-refractivity contribution in [2.75, 3.05) is 0 Å². The summed E-state index contributed by atoms with van der Waals surface area (Å²) in [5.41, 5.74) is 4.16. The van der Waals surface area contributed by atoms with Gasteiger partial charge in [0.1, 0.15) is 5.57 Å². The van der Waals surface area contributed by atoms with Gasteiger partial charge >= 0.3 is 5.97 Å². The molecule has 0 radical (unpaired) electrons. The summed E-state index contributed by atoms with van der Waals surface area (Å²) >= 11 is 0. The van der Waals surface area contributed by atoms with Crippen LogP contribution in [0, 0.1) is 0 Å². The molecule has 0 fully saturated rings. The van der Waals surface area contributed by atoms with Gasteiger partial charge in [-0.3, -0.25) is 4.79 Å². The van der Waals surface area contributed by atoms with Crippen molar-refractivity contribution in [3.8, 4) is 0 Å². The molecule has 0 aliphatic rings. The van der Waals surface area contributed by atoms with E-state index in [2.05, 4.69) is 23.0 Å². The molecule has 5 nitrogen and oxygen atoms in total. The van der Waals surface area contributed by atoms with Crippen molar-refractivity contribution in [2.45, 2.75) is 0 Å². The molecule has 0 saturated heterocycles. The Kier molecular flexibility index (Phi) is 2.40. The zero-order valence-electron chi connectivity index (χ0n) is 4.59. The molecule has 0 aliphatic heterocycles. The van der Waals surface area contributed by atoms with E-state index in [0.717, 1.165) is 0 Å². The number of amides is 1. The van der Waals surface area contributed by atoms with E-state index in [1.807, 2.05) is 0 Å². The van der Waals surface area contributed by atoms with E-state index in [1.54, 1.807) is 0 Å². The standard InChI is InChI=1S/C4H6N2O3/c1-2(3(5)7)4(8)9-6/h1,6H2,(H2,5,7). The Morgan fingerprint density at radius 3 is 2.00 bits per heavy atom. The topological polar surface area (TPSA) is 95.4 Å². The molecule has 4 N–H and O–H groups in total. The van der Waals surface area contributed by atoms with Crippen LogP contribution in [0.15, 0.2) is 12.2 Å².